The van der Waals surface area contributed by atoms with Crippen LogP contribution in [0.1, 0.15) is 44.9 Å². The summed E-state index contributed by atoms with van der Waals surface area (Å²) in [6.07, 6.45) is 7.59. The van der Waals surface area contributed by atoms with Crippen LogP contribution < -0.4 is 4.72 Å². The summed E-state index contributed by atoms with van der Waals surface area (Å²) in [5, 5.41) is 0. The number of sulfonamides is 1. The molecule has 0 unspecified atom stereocenters. The van der Waals surface area contributed by atoms with Crippen LogP contribution in [0.15, 0.2) is 0 Å². The predicted molar refractivity (Wildman–Crippen MR) is 68.3 cm³/mol. The summed E-state index contributed by atoms with van der Waals surface area (Å²) in [5.41, 5.74) is 0. The van der Waals surface area contributed by atoms with Gasteiger partial charge in [-0.25, -0.2) is 13.1 Å². The van der Waals surface area contributed by atoms with Crippen molar-refractivity contribution in [2.24, 2.45) is 5.92 Å². The van der Waals surface area contributed by atoms with Crippen molar-refractivity contribution in [2.45, 2.75) is 44.9 Å². The minimum atomic E-state index is -3.05. The quantitative estimate of drug-likeness (QED) is 0.543. The fourth-order valence-electron chi connectivity index (χ4n) is 2.18. The molecule has 16 heavy (non-hydrogen) atoms. The maximum atomic E-state index is 11.5. The molecule has 0 spiro atoms. The third kappa shape index (κ3) is 6.06. The molecule has 1 fully saturated rings. The molecule has 0 aliphatic heterocycles. The van der Waals surface area contributed by atoms with Gasteiger partial charge in [0.1, 0.15) is 0 Å². The lowest BCUT2D eigenvalue weighted by Crippen LogP contribution is -2.28. The molecule has 1 aliphatic carbocycles. The van der Waals surface area contributed by atoms with E-state index in [0.29, 0.717) is 18.8 Å². The average molecular weight is 268 g/mol. The molecule has 3 nitrogen and oxygen atoms in total. The third-order valence-electron chi connectivity index (χ3n) is 3.15. The number of nitrogens with one attached hydrogen (secondary N) is 1. The summed E-state index contributed by atoms with van der Waals surface area (Å²) in [4.78, 5) is 0. The number of alkyl halides is 1. The topological polar surface area (TPSA) is 46.2 Å². The molecule has 1 N–H and O–H groups in total. The van der Waals surface area contributed by atoms with Crippen LogP contribution in [0, 0.1) is 5.92 Å². The van der Waals surface area contributed by atoms with Gasteiger partial charge in [0, 0.05) is 12.4 Å². The zero-order valence-corrected chi connectivity index (χ0v) is 11.3. The Morgan fingerprint density at radius 3 is 2.50 bits per heavy atom. The average Bonchev–Trinajstić information content (AvgIpc) is 2.70. The standard InChI is InChI=1S/C11H22ClNO2S/c12-8-3-4-10-16(14,15)13-9-7-11-5-1-2-6-11/h11,13H,1-10H2. The van der Waals surface area contributed by atoms with Crippen LogP contribution in [0.3, 0.4) is 0 Å². The van der Waals surface area contributed by atoms with Gasteiger partial charge >= 0.3 is 0 Å². The van der Waals surface area contributed by atoms with E-state index in [2.05, 4.69) is 4.72 Å². The lowest BCUT2D eigenvalue weighted by molar-refractivity contribution is 0.495. The van der Waals surface area contributed by atoms with Crippen molar-refractivity contribution in [1.29, 1.82) is 0 Å². The fraction of sp³-hybridized carbons (Fsp3) is 1.00. The van der Waals surface area contributed by atoms with Gasteiger partial charge in [-0.3, -0.25) is 0 Å². The lowest BCUT2D eigenvalue weighted by atomic mass is 10.1. The van der Waals surface area contributed by atoms with E-state index in [1.54, 1.807) is 0 Å². The SMILES string of the molecule is O=S(=O)(CCCCCl)NCCC1CCCC1. The molecule has 1 saturated carbocycles. The normalized spacial score (nSPS) is 18.1. The highest BCUT2D eigenvalue weighted by molar-refractivity contribution is 7.89. The van der Waals surface area contributed by atoms with Crippen LogP contribution >= 0.6 is 11.6 Å². The fourth-order valence-corrected chi connectivity index (χ4v) is 3.52. The Bertz CT molecular complexity index is 274. The minimum absolute atomic E-state index is 0.213. The number of rotatable bonds is 8. The van der Waals surface area contributed by atoms with E-state index in [1.807, 2.05) is 0 Å². The van der Waals surface area contributed by atoms with E-state index in [0.717, 1.165) is 18.8 Å². The lowest BCUT2D eigenvalue weighted by Gasteiger charge is -2.10. The van der Waals surface area contributed by atoms with E-state index in [-0.39, 0.29) is 5.75 Å². The van der Waals surface area contributed by atoms with Gasteiger partial charge in [0.15, 0.2) is 0 Å². The van der Waals surface area contributed by atoms with Gasteiger partial charge in [-0.15, -0.1) is 11.6 Å². The molecule has 0 amide bonds. The van der Waals surface area contributed by atoms with Crippen LogP contribution in [0.5, 0.6) is 0 Å². The Morgan fingerprint density at radius 1 is 1.19 bits per heavy atom. The summed E-state index contributed by atoms with van der Waals surface area (Å²) in [5.74, 6) is 1.49. The number of unbranched alkanes of at least 4 members (excludes halogenated alkanes) is 1. The highest BCUT2D eigenvalue weighted by Crippen LogP contribution is 2.26. The Balaban J connectivity index is 2.09. The van der Waals surface area contributed by atoms with Crippen molar-refractivity contribution in [3.05, 3.63) is 0 Å². The van der Waals surface area contributed by atoms with Gasteiger partial charge in [0.25, 0.3) is 0 Å². The summed E-state index contributed by atoms with van der Waals surface area (Å²) in [6.45, 7) is 0.605. The molecule has 0 aromatic carbocycles. The molecular weight excluding hydrogens is 246 g/mol. The second kappa shape index (κ2) is 7.51. The third-order valence-corrected chi connectivity index (χ3v) is 4.88. The molecule has 0 radical (unpaired) electrons. The Morgan fingerprint density at radius 2 is 1.88 bits per heavy atom. The summed E-state index contributed by atoms with van der Waals surface area (Å²) < 4.78 is 25.7. The van der Waals surface area contributed by atoms with Crippen molar-refractivity contribution in [2.75, 3.05) is 18.2 Å². The molecule has 1 aliphatic rings. The highest BCUT2D eigenvalue weighted by Gasteiger charge is 2.16. The van der Waals surface area contributed by atoms with Crippen molar-refractivity contribution >= 4 is 21.6 Å². The maximum Gasteiger partial charge on any atom is 0.211 e. The summed E-state index contributed by atoms with van der Waals surface area (Å²) in [7, 11) is -3.05. The van der Waals surface area contributed by atoms with Crippen LogP contribution in [-0.4, -0.2) is 26.6 Å². The Labute approximate surface area is 104 Å². The van der Waals surface area contributed by atoms with E-state index < -0.39 is 10.0 Å². The van der Waals surface area contributed by atoms with Crippen LogP contribution in [0.25, 0.3) is 0 Å². The molecule has 5 heteroatoms. The molecule has 0 bridgehead atoms. The van der Waals surface area contributed by atoms with E-state index >= 15 is 0 Å². The summed E-state index contributed by atoms with van der Waals surface area (Å²) in [6, 6.07) is 0. The monoisotopic (exact) mass is 267 g/mol. The largest absolute Gasteiger partial charge is 0.215 e. The van der Waals surface area contributed by atoms with Crippen molar-refractivity contribution in [1.82, 2.24) is 4.72 Å². The molecule has 0 atom stereocenters. The van der Waals surface area contributed by atoms with Gasteiger partial charge in [0.2, 0.25) is 10.0 Å². The predicted octanol–water partition coefficient (Wildman–Crippen LogP) is 2.51. The highest BCUT2D eigenvalue weighted by atomic mass is 35.5. The van der Waals surface area contributed by atoms with Crippen molar-refractivity contribution < 1.29 is 8.42 Å². The second-order valence-electron chi connectivity index (χ2n) is 4.55. The maximum absolute atomic E-state index is 11.5. The zero-order chi connectivity index (χ0) is 11.9. The zero-order valence-electron chi connectivity index (χ0n) is 9.75. The van der Waals surface area contributed by atoms with Gasteiger partial charge in [-0.05, 0) is 25.2 Å². The molecule has 0 aromatic rings. The Kier molecular flexibility index (Phi) is 6.70. The van der Waals surface area contributed by atoms with Gasteiger partial charge in [-0.2, -0.15) is 0 Å². The molecular formula is C11H22ClNO2S. The van der Waals surface area contributed by atoms with Crippen LogP contribution in [-0.2, 0) is 10.0 Å². The number of hydrogen-bond acceptors (Lipinski definition) is 2. The first-order valence-electron chi connectivity index (χ1n) is 6.17. The first-order chi connectivity index (χ1) is 7.64. The molecule has 0 heterocycles. The molecule has 1 rings (SSSR count). The molecule has 96 valence electrons. The van der Waals surface area contributed by atoms with Crippen LogP contribution in [0.2, 0.25) is 0 Å². The van der Waals surface area contributed by atoms with E-state index in [1.165, 1.54) is 25.7 Å². The number of hydrogen-bond donors (Lipinski definition) is 1. The van der Waals surface area contributed by atoms with Crippen molar-refractivity contribution in [3.8, 4) is 0 Å². The number of halogens is 1. The van der Waals surface area contributed by atoms with Gasteiger partial charge < -0.3 is 0 Å². The van der Waals surface area contributed by atoms with Gasteiger partial charge in [0.05, 0.1) is 5.75 Å². The molecule has 0 saturated heterocycles. The van der Waals surface area contributed by atoms with E-state index in [4.69, 9.17) is 11.6 Å². The first kappa shape index (κ1) is 14.3. The smallest absolute Gasteiger partial charge is 0.211 e. The summed E-state index contributed by atoms with van der Waals surface area (Å²) >= 11 is 5.51. The second-order valence-corrected chi connectivity index (χ2v) is 6.85. The Hall–Kier alpha value is 0.200. The molecule has 0 aromatic heterocycles. The first-order valence-corrected chi connectivity index (χ1v) is 8.36. The van der Waals surface area contributed by atoms with Gasteiger partial charge in [-0.1, -0.05) is 25.7 Å². The van der Waals surface area contributed by atoms with Crippen molar-refractivity contribution in [3.63, 3.8) is 0 Å². The van der Waals surface area contributed by atoms with Crippen LogP contribution in [0.4, 0.5) is 0 Å². The minimum Gasteiger partial charge on any atom is -0.215 e. The van der Waals surface area contributed by atoms with E-state index in [9.17, 15) is 8.42 Å².